The fourth-order valence-electron chi connectivity index (χ4n) is 1.74. The van der Waals surface area contributed by atoms with E-state index in [9.17, 15) is 9.59 Å². The Morgan fingerprint density at radius 1 is 1.00 bits per heavy atom. The van der Waals surface area contributed by atoms with E-state index in [4.69, 9.17) is 9.47 Å². The van der Waals surface area contributed by atoms with Gasteiger partial charge in [-0.1, -0.05) is 0 Å². The van der Waals surface area contributed by atoms with Gasteiger partial charge in [-0.05, 0) is 0 Å². The quantitative estimate of drug-likeness (QED) is 0.640. The summed E-state index contributed by atoms with van der Waals surface area (Å²) in [6, 6.07) is 9.45. The SMILES string of the molecule is COC(=O)c1[se]cc(-c2ccccc2)c1C(=O)OC. The molecule has 1 heterocycles. The van der Waals surface area contributed by atoms with Crippen LogP contribution in [0.4, 0.5) is 0 Å². The Morgan fingerprint density at radius 2 is 1.63 bits per heavy atom. The molecule has 4 nitrogen and oxygen atoms in total. The van der Waals surface area contributed by atoms with E-state index in [-0.39, 0.29) is 14.5 Å². The van der Waals surface area contributed by atoms with E-state index in [2.05, 4.69) is 0 Å². The van der Waals surface area contributed by atoms with E-state index in [1.54, 1.807) is 0 Å². The summed E-state index contributed by atoms with van der Waals surface area (Å²) in [5.41, 5.74) is 1.96. The molecule has 2 aromatic rings. The van der Waals surface area contributed by atoms with Crippen LogP contribution in [0.15, 0.2) is 35.3 Å². The number of hydrogen-bond donors (Lipinski definition) is 0. The van der Waals surface area contributed by atoms with Gasteiger partial charge in [-0.15, -0.1) is 0 Å². The van der Waals surface area contributed by atoms with Crippen LogP contribution in [0.25, 0.3) is 11.1 Å². The third-order valence-corrected chi connectivity index (χ3v) is 4.65. The second kappa shape index (κ2) is 5.87. The summed E-state index contributed by atoms with van der Waals surface area (Å²) in [6.07, 6.45) is 0. The van der Waals surface area contributed by atoms with E-state index in [0.29, 0.717) is 10.0 Å². The standard InChI is InChI=1S/C14H12O4Se/c1-17-13(15)11-10(9-6-4-3-5-7-9)8-19-12(11)14(16)18-2/h3-8H,1-2H3. The number of carbonyl (C=O) groups excluding carboxylic acids is 2. The monoisotopic (exact) mass is 324 g/mol. The van der Waals surface area contributed by atoms with Gasteiger partial charge in [-0.25, -0.2) is 0 Å². The van der Waals surface area contributed by atoms with Crippen LogP contribution < -0.4 is 0 Å². The molecule has 0 N–H and O–H groups in total. The van der Waals surface area contributed by atoms with Crippen LogP contribution in [-0.4, -0.2) is 40.7 Å². The summed E-state index contributed by atoms with van der Waals surface area (Å²) in [5, 5.41) is 0. The van der Waals surface area contributed by atoms with Gasteiger partial charge in [0.15, 0.2) is 0 Å². The molecule has 0 aliphatic carbocycles. The van der Waals surface area contributed by atoms with Crippen molar-refractivity contribution in [2.45, 2.75) is 0 Å². The number of methoxy groups -OCH3 is 2. The van der Waals surface area contributed by atoms with Crippen LogP contribution >= 0.6 is 0 Å². The van der Waals surface area contributed by atoms with Crippen molar-refractivity contribution in [1.82, 2.24) is 0 Å². The van der Waals surface area contributed by atoms with Crippen molar-refractivity contribution >= 4 is 26.4 Å². The van der Waals surface area contributed by atoms with Crippen molar-refractivity contribution < 1.29 is 19.1 Å². The molecule has 19 heavy (non-hydrogen) atoms. The Balaban J connectivity index is 2.60. The molecule has 0 bridgehead atoms. The molecule has 2 rings (SSSR count). The van der Waals surface area contributed by atoms with Crippen LogP contribution in [0, 0.1) is 0 Å². The first-order valence-electron chi connectivity index (χ1n) is 5.52. The molecule has 5 heteroatoms. The summed E-state index contributed by atoms with van der Waals surface area (Å²) in [5.74, 6) is -0.975. The second-order valence-corrected chi connectivity index (χ2v) is 5.55. The van der Waals surface area contributed by atoms with E-state index in [0.717, 1.165) is 11.1 Å². The molecule has 98 valence electrons. The maximum atomic E-state index is 11.9. The van der Waals surface area contributed by atoms with Gasteiger partial charge in [0.05, 0.1) is 0 Å². The molecule has 1 aromatic heterocycles. The maximum absolute atomic E-state index is 11.9. The molecule has 0 saturated heterocycles. The molecular weight excluding hydrogens is 311 g/mol. The van der Waals surface area contributed by atoms with Crippen molar-refractivity contribution in [3.63, 3.8) is 0 Å². The van der Waals surface area contributed by atoms with Gasteiger partial charge in [-0.3, -0.25) is 0 Å². The fraction of sp³-hybridized carbons (Fsp3) is 0.143. The van der Waals surface area contributed by atoms with Gasteiger partial charge in [0, 0.05) is 0 Å². The van der Waals surface area contributed by atoms with Crippen LogP contribution in [0.3, 0.4) is 0 Å². The number of benzene rings is 1. The van der Waals surface area contributed by atoms with Crippen molar-refractivity contribution in [2.24, 2.45) is 0 Å². The van der Waals surface area contributed by atoms with Gasteiger partial charge in [-0.2, -0.15) is 0 Å². The summed E-state index contributed by atoms with van der Waals surface area (Å²) in [4.78, 5) is 25.5. The van der Waals surface area contributed by atoms with Gasteiger partial charge in [0.1, 0.15) is 0 Å². The molecule has 0 aliphatic rings. The number of esters is 2. The van der Waals surface area contributed by atoms with Crippen LogP contribution in [0.2, 0.25) is 0 Å². The topological polar surface area (TPSA) is 52.6 Å². The average Bonchev–Trinajstić information content (AvgIpc) is 2.91. The molecule has 1 aromatic carbocycles. The number of hydrogen-bond acceptors (Lipinski definition) is 4. The predicted molar refractivity (Wildman–Crippen MR) is 71.5 cm³/mol. The van der Waals surface area contributed by atoms with Crippen molar-refractivity contribution in [3.05, 3.63) is 45.3 Å². The van der Waals surface area contributed by atoms with E-state index < -0.39 is 11.9 Å². The van der Waals surface area contributed by atoms with E-state index in [1.807, 2.05) is 35.3 Å². The average molecular weight is 323 g/mol. The predicted octanol–water partition coefficient (Wildman–Crippen LogP) is 1.98. The number of ether oxygens (including phenoxy) is 2. The Kier molecular flexibility index (Phi) is 4.20. The zero-order valence-corrected chi connectivity index (χ0v) is 12.2. The minimum absolute atomic E-state index is 0.220. The first-order chi connectivity index (χ1) is 9.19. The zero-order chi connectivity index (χ0) is 13.8. The summed E-state index contributed by atoms with van der Waals surface area (Å²) < 4.78 is 9.90. The second-order valence-electron chi connectivity index (χ2n) is 3.70. The van der Waals surface area contributed by atoms with Gasteiger partial charge in [0.25, 0.3) is 0 Å². The molecule has 0 amide bonds. The first kappa shape index (κ1) is 13.6. The molecule has 0 saturated carbocycles. The van der Waals surface area contributed by atoms with Crippen molar-refractivity contribution in [2.75, 3.05) is 14.2 Å². The summed E-state index contributed by atoms with van der Waals surface area (Å²) >= 11 is -0.220. The Hall–Kier alpha value is -1.84. The van der Waals surface area contributed by atoms with Crippen molar-refractivity contribution in [3.8, 4) is 11.1 Å². The first-order valence-corrected chi connectivity index (χ1v) is 7.37. The van der Waals surface area contributed by atoms with Gasteiger partial charge >= 0.3 is 116 Å². The van der Waals surface area contributed by atoms with Crippen molar-refractivity contribution in [1.29, 1.82) is 0 Å². The molecule has 0 aliphatic heterocycles. The Labute approximate surface area is 116 Å². The van der Waals surface area contributed by atoms with Crippen LogP contribution in [-0.2, 0) is 9.47 Å². The summed E-state index contributed by atoms with van der Waals surface area (Å²) in [6.45, 7) is 0. The molecule has 0 unspecified atom stereocenters. The fourth-order valence-corrected chi connectivity index (χ4v) is 3.79. The van der Waals surface area contributed by atoms with Gasteiger partial charge < -0.3 is 0 Å². The third-order valence-electron chi connectivity index (χ3n) is 2.64. The van der Waals surface area contributed by atoms with Crippen LogP contribution in [0.1, 0.15) is 19.6 Å². The normalized spacial score (nSPS) is 10.0. The summed E-state index contributed by atoms with van der Waals surface area (Å²) in [7, 11) is 2.61. The molecule has 0 fully saturated rings. The molecule has 0 radical (unpaired) electrons. The molecular formula is C14H12O4Se. The minimum atomic E-state index is -0.505. The van der Waals surface area contributed by atoms with E-state index in [1.165, 1.54) is 14.2 Å². The molecule has 0 spiro atoms. The number of rotatable bonds is 3. The third kappa shape index (κ3) is 2.62. The number of carbonyl (C=O) groups is 2. The van der Waals surface area contributed by atoms with Gasteiger partial charge in [0.2, 0.25) is 0 Å². The van der Waals surface area contributed by atoms with Crippen LogP contribution in [0.5, 0.6) is 0 Å². The Bertz CT molecular complexity index is 601. The Morgan fingerprint density at radius 3 is 2.21 bits per heavy atom. The van der Waals surface area contributed by atoms with E-state index >= 15 is 0 Å². The molecule has 0 atom stereocenters. The zero-order valence-electron chi connectivity index (χ0n) is 10.5.